The fraction of sp³-hybridized carbons (Fsp3) is 0.250. The Hall–Kier alpha value is -1.97. The van der Waals surface area contributed by atoms with Gasteiger partial charge < -0.3 is 10.1 Å². The zero-order valence-electron chi connectivity index (χ0n) is 9.41. The van der Waals surface area contributed by atoms with Crippen molar-refractivity contribution in [3.8, 4) is 5.75 Å². The maximum Gasteiger partial charge on any atom is 0.229 e. The number of benzene rings is 1. The molecular weight excluding hydrogens is 204 g/mol. The van der Waals surface area contributed by atoms with Gasteiger partial charge >= 0.3 is 0 Å². The molecule has 0 saturated carbocycles. The van der Waals surface area contributed by atoms with E-state index < -0.39 is 0 Å². The third-order valence-corrected chi connectivity index (χ3v) is 2.38. The van der Waals surface area contributed by atoms with Crippen molar-refractivity contribution in [2.24, 2.45) is 0 Å². The Morgan fingerprint density at radius 3 is 2.94 bits per heavy atom. The molecule has 4 heteroatoms. The van der Waals surface area contributed by atoms with E-state index in [-0.39, 0.29) is 5.91 Å². The molecule has 0 aliphatic carbocycles. The number of nitrogens with one attached hydrogen (secondary N) is 1. The summed E-state index contributed by atoms with van der Waals surface area (Å²) in [5.74, 6) is 1.31. The van der Waals surface area contributed by atoms with Gasteiger partial charge in [-0.2, -0.15) is 0 Å². The van der Waals surface area contributed by atoms with E-state index in [9.17, 15) is 4.79 Å². The van der Waals surface area contributed by atoms with Crippen LogP contribution < -0.4 is 15.0 Å². The second-order valence-corrected chi connectivity index (χ2v) is 3.54. The Balaban J connectivity index is 2.38. The van der Waals surface area contributed by atoms with Crippen LogP contribution in [0.1, 0.15) is 13.8 Å². The lowest BCUT2D eigenvalue weighted by atomic mass is 10.2. The Morgan fingerprint density at radius 1 is 1.56 bits per heavy atom. The summed E-state index contributed by atoms with van der Waals surface area (Å²) < 4.78 is 5.39. The van der Waals surface area contributed by atoms with Crippen LogP contribution in [0.3, 0.4) is 0 Å². The largest absolute Gasteiger partial charge is 0.494 e. The molecule has 1 aromatic rings. The molecule has 0 fully saturated rings. The van der Waals surface area contributed by atoms with Crippen LogP contribution in [0.15, 0.2) is 30.6 Å². The van der Waals surface area contributed by atoms with Crippen molar-refractivity contribution < 1.29 is 9.53 Å². The molecular formula is C12H14N2O2. The summed E-state index contributed by atoms with van der Waals surface area (Å²) in [6.07, 6.45) is 0. The van der Waals surface area contributed by atoms with Crippen molar-refractivity contribution in [1.29, 1.82) is 0 Å². The van der Waals surface area contributed by atoms with Gasteiger partial charge in [0.2, 0.25) is 5.91 Å². The Bertz CT molecular complexity index is 454. The van der Waals surface area contributed by atoms with Gasteiger partial charge in [0.25, 0.3) is 0 Å². The molecule has 0 atom stereocenters. The quantitative estimate of drug-likeness (QED) is 0.828. The van der Waals surface area contributed by atoms with Gasteiger partial charge in [-0.1, -0.05) is 6.58 Å². The lowest BCUT2D eigenvalue weighted by Crippen LogP contribution is -2.25. The lowest BCUT2D eigenvalue weighted by molar-refractivity contribution is -0.116. The van der Waals surface area contributed by atoms with Crippen molar-refractivity contribution in [3.63, 3.8) is 0 Å². The Labute approximate surface area is 94.5 Å². The van der Waals surface area contributed by atoms with Gasteiger partial charge in [-0.3, -0.25) is 9.69 Å². The minimum atomic E-state index is -0.0552. The van der Waals surface area contributed by atoms with Gasteiger partial charge in [0.1, 0.15) is 11.6 Å². The van der Waals surface area contributed by atoms with Crippen LogP contribution >= 0.6 is 0 Å². The summed E-state index contributed by atoms with van der Waals surface area (Å²) in [4.78, 5) is 13.0. The number of rotatable bonds is 2. The molecule has 4 nitrogen and oxygen atoms in total. The third kappa shape index (κ3) is 1.62. The first-order valence-corrected chi connectivity index (χ1v) is 5.17. The lowest BCUT2D eigenvalue weighted by Gasteiger charge is -2.14. The smallest absolute Gasteiger partial charge is 0.229 e. The Kier molecular flexibility index (Phi) is 2.56. The number of fused-ring (bicyclic) bond motifs is 1. The number of nitrogens with zero attached hydrogens (tertiary/aromatic N) is 1. The molecule has 0 radical (unpaired) electrons. The van der Waals surface area contributed by atoms with Crippen LogP contribution in [0.5, 0.6) is 5.75 Å². The van der Waals surface area contributed by atoms with Crippen LogP contribution in [0.25, 0.3) is 0 Å². The number of hydrogen-bond acceptors (Lipinski definition) is 3. The van der Waals surface area contributed by atoms with Crippen molar-refractivity contribution in [3.05, 3.63) is 30.6 Å². The highest BCUT2D eigenvalue weighted by atomic mass is 16.5. The van der Waals surface area contributed by atoms with Crippen LogP contribution in [-0.2, 0) is 4.79 Å². The highest BCUT2D eigenvalue weighted by Gasteiger charge is 2.25. The van der Waals surface area contributed by atoms with E-state index in [1.807, 2.05) is 25.1 Å². The normalized spacial score (nSPS) is 13.4. The molecule has 1 amide bonds. The standard InChI is InChI=1S/C12H14N2O2/c1-4-16-10-5-6-12-11(7-10)13-8(2)14(12)9(3)15/h5-7,13H,2,4H2,1,3H3. The van der Waals surface area contributed by atoms with E-state index >= 15 is 0 Å². The van der Waals surface area contributed by atoms with Gasteiger partial charge in [0.05, 0.1) is 18.0 Å². The fourth-order valence-electron chi connectivity index (χ4n) is 1.78. The number of amides is 1. The Morgan fingerprint density at radius 2 is 2.31 bits per heavy atom. The minimum absolute atomic E-state index is 0.0552. The van der Waals surface area contributed by atoms with E-state index in [1.165, 1.54) is 6.92 Å². The highest BCUT2D eigenvalue weighted by molar-refractivity contribution is 6.02. The maximum atomic E-state index is 11.4. The number of carbonyl (C=O) groups excluding carboxylic acids is 1. The number of hydrogen-bond donors (Lipinski definition) is 1. The molecule has 1 aliphatic rings. The molecule has 0 aromatic heterocycles. The molecule has 1 heterocycles. The van der Waals surface area contributed by atoms with Gasteiger partial charge in [0, 0.05) is 13.0 Å². The zero-order valence-corrected chi connectivity index (χ0v) is 9.41. The molecule has 16 heavy (non-hydrogen) atoms. The second kappa shape index (κ2) is 3.89. The SMILES string of the molecule is C=C1Nc2cc(OCC)ccc2N1C(C)=O. The number of ether oxygens (including phenoxy) is 1. The first kappa shape index (κ1) is 10.5. The van der Waals surface area contributed by atoms with Crippen LogP contribution in [-0.4, -0.2) is 12.5 Å². The molecule has 0 unspecified atom stereocenters. The summed E-state index contributed by atoms with van der Waals surface area (Å²) in [6, 6.07) is 5.57. The van der Waals surface area contributed by atoms with E-state index in [2.05, 4.69) is 11.9 Å². The molecule has 0 saturated heterocycles. The van der Waals surface area contributed by atoms with Crippen LogP contribution in [0.4, 0.5) is 11.4 Å². The topological polar surface area (TPSA) is 41.6 Å². The van der Waals surface area contributed by atoms with Crippen molar-refractivity contribution in [2.75, 3.05) is 16.8 Å². The van der Waals surface area contributed by atoms with Gasteiger partial charge in [-0.15, -0.1) is 0 Å². The second-order valence-electron chi connectivity index (χ2n) is 3.54. The van der Waals surface area contributed by atoms with Crippen LogP contribution in [0.2, 0.25) is 0 Å². The summed E-state index contributed by atoms with van der Waals surface area (Å²) in [5, 5.41) is 3.06. The van der Waals surface area contributed by atoms with Crippen molar-refractivity contribution in [2.45, 2.75) is 13.8 Å². The molecule has 2 rings (SSSR count). The van der Waals surface area contributed by atoms with E-state index in [0.717, 1.165) is 17.1 Å². The minimum Gasteiger partial charge on any atom is -0.494 e. The molecule has 1 aliphatic heterocycles. The molecule has 84 valence electrons. The first-order valence-electron chi connectivity index (χ1n) is 5.17. The average Bonchev–Trinajstić information content (AvgIpc) is 2.53. The fourth-order valence-corrected chi connectivity index (χ4v) is 1.78. The molecule has 0 spiro atoms. The predicted octanol–water partition coefficient (Wildman–Crippen LogP) is 2.33. The summed E-state index contributed by atoms with van der Waals surface area (Å²) >= 11 is 0. The van der Waals surface area contributed by atoms with Crippen LogP contribution in [0, 0.1) is 0 Å². The van der Waals surface area contributed by atoms with Gasteiger partial charge in [0.15, 0.2) is 0 Å². The maximum absolute atomic E-state index is 11.4. The van der Waals surface area contributed by atoms with Gasteiger partial charge in [-0.05, 0) is 19.1 Å². The van der Waals surface area contributed by atoms with Gasteiger partial charge in [-0.25, -0.2) is 0 Å². The highest BCUT2D eigenvalue weighted by Crippen LogP contribution is 2.38. The summed E-state index contributed by atoms with van der Waals surface area (Å²) in [6.45, 7) is 7.87. The third-order valence-electron chi connectivity index (χ3n) is 2.38. The number of carbonyl (C=O) groups is 1. The average molecular weight is 218 g/mol. The molecule has 1 N–H and O–H groups in total. The van der Waals surface area contributed by atoms with Crippen molar-refractivity contribution >= 4 is 17.3 Å². The van der Waals surface area contributed by atoms with E-state index in [1.54, 1.807) is 4.90 Å². The molecule has 0 bridgehead atoms. The predicted molar refractivity (Wildman–Crippen MR) is 63.5 cm³/mol. The zero-order chi connectivity index (χ0) is 11.7. The van der Waals surface area contributed by atoms with E-state index in [0.29, 0.717) is 12.4 Å². The van der Waals surface area contributed by atoms with E-state index in [4.69, 9.17) is 4.74 Å². The monoisotopic (exact) mass is 218 g/mol. The first-order chi connectivity index (χ1) is 7.63. The number of anilines is 2. The summed E-state index contributed by atoms with van der Waals surface area (Å²) in [7, 11) is 0. The summed E-state index contributed by atoms with van der Waals surface area (Å²) in [5.41, 5.74) is 1.67. The molecule has 1 aromatic carbocycles. The van der Waals surface area contributed by atoms with Crippen molar-refractivity contribution in [1.82, 2.24) is 0 Å².